The Labute approximate surface area is 173 Å². The molecule has 0 aromatic heterocycles. The van der Waals surface area contributed by atoms with Gasteiger partial charge in [-0.25, -0.2) is 4.79 Å². The van der Waals surface area contributed by atoms with E-state index in [0.29, 0.717) is 10.7 Å². The Bertz CT molecular complexity index is 1010. The van der Waals surface area contributed by atoms with Gasteiger partial charge in [-0.15, -0.1) is 0 Å². The Morgan fingerprint density at radius 2 is 1.61 bits per heavy atom. The summed E-state index contributed by atoms with van der Waals surface area (Å²) in [5.74, 6) is -1.14. The number of rotatable bonds is 5. The molecule has 3 rings (SSSR count). The predicted octanol–water partition coefficient (Wildman–Crippen LogP) is 5.84. The van der Waals surface area contributed by atoms with Crippen molar-refractivity contribution >= 4 is 40.8 Å². The van der Waals surface area contributed by atoms with Crippen LogP contribution in [0.1, 0.15) is 17.3 Å². The maximum atomic E-state index is 12.6. The number of anilines is 1. The van der Waals surface area contributed by atoms with Crippen LogP contribution in [0, 0.1) is 0 Å². The molecule has 6 heteroatoms. The van der Waals surface area contributed by atoms with Crippen LogP contribution in [0.2, 0.25) is 10.0 Å². The summed E-state index contributed by atoms with van der Waals surface area (Å²) in [5, 5.41) is 3.39. The molecule has 0 aliphatic heterocycles. The fourth-order valence-electron chi connectivity index (χ4n) is 2.63. The maximum Gasteiger partial charge on any atom is 0.340 e. The average molecular weight is 414 g/mol. The summed E-state index contributed by atoms with van der Waals surface area (Å²) < 4.78 is 5.26. The highest BCUT2D eigenvalue weighted by molar-refractivity contribution is 6.36. The van der Waals surface area contributed by atoms with E-state index in [1.807, 2.05) is 48.5 Å². The molecule has 142 valence electrons. The van der Waals surface area contributed by atoms with Gasteiger partial charge in [0.15, 0.2) is 6.10 Å². The average Bonchev–Trinajstić information content (AvgIpc) is 2.69. The molecule has 3 aromatic carbocycles. The normalized spacial score (nSPS) is 11.5. The third-order valence-corrected chi connectivity index (χ3v) is 4.62. The van der Waals surface area contributed by atoms with Gasteiger partial charge in [0.2, 0.25) is 0 Å². The van der Waals surface area contributed by atoms with Gasteiger partial charge in [0.05, 0.1) is 10.6 Å². The second kappa shape index (κ2) is 8.91. The lowest BCUT2D eigenvalue weighted by molar-refractivity contribution is -0.123. The second-order valence-corrected chi connectivity index (χ2v) is 6.92. The summed E-state index contributed by atoms with van der Waals surface area (Å²) in [6, 6.07) is 21.5. The van der Waals surface area contributed by atoms with Crippen LogP contribution >= 0.6 is 23.2 Å². The van der Waals surface area contributed by atoms with Crippen molar-refractivity contribution in [2.45, 2.75) is 13.0 Å². The van der Waals surface area contributed by atoms with Crippen LogP contribution in [0.25, 0.3) is 11.1 Å². The number of benzene rings is 3. The molecule has 0 unspecified atom stereocenters. The van der Waals surface area contributed by atoms with E-state index < -0.39 is 18.0 Å². The molecule has 1 N–H and O–H groups in total. The number of halogens is 2. The number of nitrogens with one attached hydrogen (secondary N) is 1. The number of hydrogen-bond acceptors (Lipinski definition) is 3. The van der Waals surface area contributed by atoms with E-state index in [1.165, 1.54) is 25.1 Å². The molecule has 0 aliphatic carbocycles. The molecular formula is C22H17Cl2NO3. The highest BCUT2D eigenvalue weighted by Gasteiger charge is 2.21. The monoisotopic (exact) mass is 413 g/mol. The van der Waals surface area contributed by atoms with E-state index in [2.05, 4.69) is 5.32 Å². The van der Waals surface area contributed by atoms with Crippen molar-refractivity contribution in [1.82, 2.24) is 0 Å². The summed E-state index contributed by atoms with van der Waals surface area (Å²) in [6.45, 7) is 1.50. The fourth-order valence-corrected chi connectivity index (χ4v) is 3.11. The molecule has 0 spiro atoms. The number of esters is 1. The highest BCUT2D eigenvalue weighted by Crippen LogP contribution is 2.28. The maximum absolute atomic E-state index is 12.6. The Morgan fingerprint density at radius 1 is 0.929 bits per heavy atom. The van der Waals surface area contributed by atoms with Gasteiger partial charge in [0.25, 0.3) is 5.91 Å². The van der Waals surface area contributed by atoms with E-state index in [9.17, 15) is 9.59 Å². The van der Waals surface area contributed by atoms with Crippen LogP contribution in [0.4, 0.5) is 5.69 Å². The first kappa shape index (κ1) is 19.9. The Hall–Kier alpha value is -2.82. The fraction of sp³-hybridized carbons (Fsp3) is 0.0909. The minimum absolute atomic E-state index is 0.149. The molecule has 0 bridgehead atoms. The van der Waals surface area contributed by atoms with Crippen LogP contribution in [-0.2, 0) is 9.53 Å². The first-order chi connectivity index (χ1) is 13.5. The van der Waals surface area contributed by atoms with Gasteiger partial charge < -0.3 is 10.1 Å². The second-order valence-electron chi connectivity index (χ2n) is 6.07. The molecule has 0 fully saturated rings. The molecule has 0 aliphatic rings. The zero-order valence-corrected chi connectivity index (χ0v) is 16.5. The summed E-state index contributed by atoms with van der Waals surface area (Å²) in [4.78, 5) is 24.9. The summed E-state index contributed by atoms with van der Waals surface area (Å²) >= 11 is 11.9. The number of amides is 1. The van der Waals surface area contributed by atoms with Gasteiger partial charge in [-0.05, 0) is 36.8 Å². The van der Waals surface area contributed by atoms with Crippen molar-refractivity contribution in [3.63, 3.8) is 0 Å². The van der Waals surface area contributed by atoms with Crippen molar-refractivity contribution in [3.05, 3.63) is 88.4 Å². The first-order valence-electron chi connectivity index (χ1n) is 8.57. The molecule has 0 radical (unpaired) electrons. The van der Waals surface area contributed by atoms with E-state index >= 15 is 0 Å². The molecule has 1 atom stereocenters. The summed E-state index contributed by atoms with van der Waals surface area (Å²) in [5.41, 5.74) is 2.62. The summed E-state index contributed by atoms with van der Waals surface area (Å²) in [6.07, 6.45) is -1.01. The molecule has 28 heavy (non-hydrogen) atoms. The molecular weight excluding hydrogens is 397 g/mol. The number of para-hydroxylation sites is 1. The van der Waals surface area contributed by atoms with Crippen LogP contribution in [0.5, 0.6) is 0 Å². The van der Waals surface area contributed by atoms with Gasteiger partial charge in [-0.3, -0.25) is 4.79 Å². The SMILES string of the molecule is C[C@H](OC(=O)c1ccc(Cl)cc1Cl)C(=O)Nc1ccccc1-c1ccccc1. The van der Waals surface area contributed by atoms with Gasteiger partial charge in [0.1, 0.15) is 0 Å². The van der Waals surface area contributed by atoms with Crippen LogP contribution < -0.4 is 5.32 Å². The topological polar surface area (TPSA) is 55.4 Å². The zero-order chi connectivity index (χ0) is 20.1. The zero-order valence-electron chi connectivity index (χ0n) is 15.0. The molecule has 1 amide bonds. The largest absolute Gasteiger partial charge is 0.449 e. The van der Waals surface area contributed by atoms with Crippen molar-refractivity contribution in [3.8, 4) is 11.1 Å². The molecule has 0 saturated heterocycles. The number of hydrogen-bond donors (Lipinski definition) is 1. The standard InChI is InChI=1S/C22H17Cl2NO3/c1-14(28-22(27)18-12-11-16(23)13-19(18)24)21(26)25-20-10-6-5-9-17(20)15-7-3-2-4-8-15/h2-14H,1H3,(H,25,26)/t14-/m0/s1. The van der Waals surface area contributed by atoms with Gasteiger partial charge >= 0.3 is 5.97 Å². The number of carbonyl (C=O) groups is 2. The minimum atomic E-state index is -1.01. The Kier molecular flexibility index (Phi) is 6.34. The molecule has 0 saturated carbocycles. The number of ether oxygens (including phenoxy) is 1. The lowest BCUT2D eigenvalue weighted by Crippen LogP contribution is -2.30. The van der Waals surface area contributed by atoms with Crippen molar-refractivity contribution in [1.29, 1.82) is 0 Å². The summed E-state index contributed by atoms with van der Waals surface area (Å²) in [7, 11) is 0. The Morgan fingerprint density at radius 3 is 2.32 bits per heavy atom. The van der Waals surface area contributed by atoms with Crippen molar-refractivity contribution < 1.29 is 14.3 Å². The van der Waals surface area contributed by atoms with E-state index in [1.54, 1.807) is 6.07 Å². The van der Waals surface area contributed by atoms with Gasteiger partial charge in [-0.2, -0.15) is 0 Å². The Balaban J connectivity index is 1.72. The van der Waals surface area contributed by atoms with Crippen molar-refractivity contribution in [2.24, 2.45) is 0 Å². The third kappa shape index (κ3) is 4.71. The lowest BCUT2D eigenvalue weighted by Gasteiger charge is -2.16. The number of carbonyl (C=O) groups excluding carboxylic acids is 2. The van der Waals surface area contributed by atoms with Crippen molar-refractivity contribution in [2.75, 3.05) is 5.32 Å². The van der Waals surface area contributed by atoms with Gasteiger partial charge in [-0.1, -0.05) is 71.7 Å². The minimum Gasteiger partial charge on any atom is -0.449 e. The van der Waals surface area contributed by atoms with Crippen LogP contribution in [0.3, 0.4) is 0 Å². The first-order valence-corrected chi connectivity index (χ1v) is 9.32. The third-order valence-electron chi connectivity index (χ3n) is 4.07. The van der Waals surface area contributed by atoms with E-state index in [0.717, 1.165) is 11.1 Å². The van der Waals surface area contributed by atoms with E-state index in [4.69, 9.17) is 27.9 Å². The molecule has 3 aromatic rings. The molecule has 0 heterocycles. The lowest BCUT2D eigenvalue weighted by atomic mass is 10.0. The van der Waals surface area contributed by atoms with Gasteiger partial charge in [0, 0.05) is 16.3 Å². The molecule has 4 nitrogen and oxygen atoms in total. The van der Waals surface area contributed by atoms with Crippen LogP contribution in [0.15, 0.2) is 72.8 Å². The smallest absolute Gasteiger partial charge is 0.340 e. The predicted molar refractivity (Wildman–Crippen MR) is 112 cm³/mol. The quantitative estimate of drug-likeness (QED) is 0.534. The van der Waals surface area contributed by atoms with Crippen LogP contribution in [-0.4, -0.2) is 18.0 Å². The highest BCUT2D eigenvalue weighted by atomic mass is 35.5. The van der Waals surface area contributed by atoms with E-state index in [-0.39, 0.29) is 10.6 Å².